The fourth-order valence-electron chi connectivity index (χ4n) is 5.85. The number of H-pyrrole nitrogens is 1. The van der Waals surface area contributed by atoms with E-state index in [1.165, 1.54) is 15.8 Å². The first-order valence-electron chi connectivity index (χ1n) is 13.6. The van der Waals surface area contributed by atoms with E-state index in [1.54, 1.807) is 30.3 Å². The van der Waals surface area contributed by atoms with Crippen LogP contribution in [0, 0.1) is 19.7 Å². The van der Waals surface area contributed by atoms with Gasteiger partial charge in [0.25, 0.3) is 5.91 Å². The fraction of sp³-hybridized carbons (Fsp3) is 0.393. The third kappa shape index (κ3) is 4.70. The summed E-state index contributed by atoms with van der Waals surface area (Å²) in [5, 5.41) is 14.3. The first-order chi connectivity index (χ1) is 19.6. The summed E-state index contributed by atoms with van der Waals surface area (Å²) in [5.74, 6) is 1.91. The lowest BCUT2D eigenvalue weighted by Crippen LogP contribution is -2.50. The number of pyridine rings is 1. The average molecular weight is 559 g/mol. The Kier molecular flexibility index (Phi) is 6.51. The number of halogens is 1. The van der Waals surface area contributed by atoms with E-state index in [-0.39, 0.29) is 17.9 Å². The van der Waals surface area contributed by atoms with Crippen LogP contribution in [0.2, 0.25) is 0 Å². The third-order valence-electron chi connectivity index (χ3n) is 8.19. The minimum Gasteiger partial charge on any atom is -0.323 e. The lowest BCUT2D eigenvalue weighted by Gasteiger charge is -2.38. The van der Waals surface area contributed by atoms with Gasteiger partial charge < -0.3 is 10.2 Å². The number of imide groups is 1. The Morgan fingerprint density at radius 2 is 1.88 bits per heavy atom. The van der Waals surface area contributed by atoms with Crippen LogP contribution in [-0.2, 0) is 4.79 Å². The maximum Gasteiger partial charge on any atom is 0.327 e. The van der Waals surface area contributed by atoms with Crippen molar-refractivity contribution in [1.82, 2.24) is 44.7 Å². The molecule has 1 spiro atoms. The van der Waals surface area contributed by atoms with Crippen molar-refractivity contribution in [2.45, 2.75) is 64.0 Å². The number of hydrogen-bond donors (Lipinski definition) is 2. The van der Waals surface area contributed by atoms with Crippen LogP contribution < -0.4 is 5.32 Å². The molecule has 1 aliphatic heterocycles. The van der Waals surface area contributed by atoms with Gasteiger partial charge in [0.1, 0.15) is 17.2 Å². The minimum absolute atomic E-state index is 0.0636. The Labute approximate surface area is 236 Å². The topological polar surface area (TPSA) is 138 Å². The second-order valence-electron chi connectivity index (χ2n) is 10.9. The molecule has 2 aliphatic rings. The predicted octanol–water partition coefficient (Wildman–Crippen LogP) is 4.33. The second-order valence-corrected chi connectivity index (χ2v) is 10.9. The Balaban J connectivity index is 1.17. The first-order valence-corrected chi connectivity index (χ1v) is 13.6. The van der Waals surface area contributed by atoms with Gasteiger partial charge in [-0.25, -0.2) is 28.8 Å². The highest BCUT2D eigenvalue weighted by Crippen LogP contribution is 2.46. The number of nitrogens with zero attached hydrogens (tertiary/aromatic N) is 8. The number of likely N-dealkylation sites (N-methyl/N-ethyl adjacent to an activating group) is 1. The lowest BCUT2D eigenvalue weighted by atomic mass is 9.75. The Bertz CT molecular complexity index is 1610. The van der Waals surface area contributed by atoms with E-state index in [0.717, 1.165) is 23.4 Å². The van der Waals surface area contributed by atoms with Gasteiger partial charge in [-0.15, -0.1) is 0 Å². The molecule has 1 atom stereocenters. The smallest absolute Gasteiger partial charge is 0.323 e. The number of amides is 3. The van der Waals surface area contributed by atoms with Crippen molar-refractivity contribution in [3.8, 4) is 5.82 Å². The molecule has 2 N–H and O–H groups in total. The van der Waals surface area contributed by atoms with Gasteiger partial charge in [0, 0.05) is 42.7 Å². The largest absolute Gasteiger partial charge is 0.327 e. The number of aromatic amines is 1. The monoisotopic (exact) mass is 558 g/mol. The summed E-state index contributed by atoms with van der Waals surface area (Å²) in [4.78, 5) is 44.1. The number of carbonyl (C=O) groups is 2. The van der Waals surface area contributed by atoms with Crippen LogP contribution in [0.25, 0.3) is 5.82 Å². The average Bonchev–Trinajstić information content (AvgIpc) is 3.63. The number of aryl methyl sites for hydroxylation is 2. The summed E-state index contributed by atoms with van der Waals surface area (Å²) >= 11 is 0. The number of carbonyl (C=O) groups excluding carboxylic acids is 2. The van der Waals surface area contributed by atoms with Crippen LogP contribution >= 0.6 is 0 Å². The summed E-state index contributed by atoms with van der Waals surface area (Å²) in [6.45, 7) is 5.67. The van der Waals surface area contributed by atoms with Crippen LogP contribution in [0.4, 0.5) is 20.8 Å². The van der Waals surface area contributed by atoms with E-state index in [9.17, 15) is 14.0 Å². The molecular formula is C28H31FN10O2. The van der Waals surface area contributed by atoms with Gasteiger partial charge in [-0.2, -0.15) is 10.2 Å². The number of rotatable bonds is 6. The van der Waals surface area contributed by atoms with Gasteiger partial charge in [0.15, 0.2) is 17.5 Å². The summed E-state index contributed by atoms with van der Waals surface area (Å²) in [5.41, 5.74) is 1.58. The second kappa shape index (κ2) is 10.1. The van der Waals surface area contributed by atoms with Gasteiger partial charge in [-0.3, -0.25) is 14.8 Å². The molecule has 41 heavy (non-hydrogen) atoms. The molecule has 12 nitrogen and oxygen atoms in total. The van der Waals surface area contributed by atoms with Crippen molar-refractivity contribution >= 4 is 23.6 Å². The summed E-state index contributed by atoms with van der Waals surface area (Å²) < 4.78 is 14.7. The van der Waals surface area contributed by atoms with Gasteiger partial charge in [0.05, 0.1) is 18.4 Å². The van der Waals surface area contributed by atoms with Gasteiger partial charge in [0.2, 0.25) is 0 Å². The highest BCUT2D eigenvalue weighted by Gasteiger charge is 2.58. The molecular weight excluding hydrogens is 527 g/mol. The molecule has 212 valence electrons. The number of anilines is 2. The minimum atomic E-state index is -0.903. The Hall–Kier alpha value is -4.68. The van der Waals surface area contributed by atoms with E-state index >= 15 is 0 Å². The van der Waals surface area contributed by atoms with Crippen molar-refractivity contribution in [1.29, 1.82) is 0 Å². The SMILES string of the molecule is Cc1cc(Nc2cc(C)[nH]n2)nc([C@H]2CC[C@]3(CC2)C(=O)N([C@@H](C)c2ccc(-n4cc(F)cn4)nc2)C(=O)N3C)n1. The molecule has 1 aliphatic carbocycles. The maximum atomic E-state index is 13.9. The van der Waals surface area contributed by atoms with Crippen molar-refractivity contribution in [3.63, 3.8) is 0 Å². The zero-order chi connectivity index (χ0) is 28.9. The molecule has 0 bridgehead atoms. The molecule has 0 aromatic carbocycles. The van der Waals surface area contributed by atoms with Crippen molar-refractivity contribution < 1.29 is 14.0 Å². The van der Waals surface area contributed by atoms with Crippen LogP contribution in [0.5, 0.6) is 0 Å². The standard InChI is InChI=1S/C28H31FN10O2/c1-16-11-22(33-23-12-17(2)35-36-23)34-25(32-16)19-7-9-28(10-8-19)26(40)39(27(41)37(28)4)18(3)20-5-6-24(30-13-20)38-15-21(29)14-31-38/h5-6,11-15,18-19H,7-10H2,1-4H3,(H2,32,33,34,35,36)/t18-,19-,28-/m0/s1. The van der Waals surface area contributed by atoms with Crippen LogP contribution in [0.1, 0.15) is 67.3 Å². The molecule has 3 amide bonds. The van der Waals surface area contributed by atoms with Crippen molar-refractivity contribution in [3.05, 3.63) is 71.4 Å². The molecule has 1 saturated heterocycles. The fourth-order valence-corrected chi connectivity index (χ4v) is 5.85. The molecule has 5 heterocycles. The zero-order valence-electron chi connectivity index (χ0n) is 23.3. The van der Waals surface area contributed by atoms with E-state index in [1.807, 2.05) is 32.9 Å². The van der Waals surface area contributed by atoms with Gasteiger partial charge >= 0.3 is 6.03 Å². The van der Waals surface area contributed by atoms with E-state index in [0.29, 0.717) is 48.7 Å². The van der Waals surface area contributed by atoms with E-state index in [2.05, 4.69) is 25.6 Å². The normalized spacial score (nSPS) is 21.6. The molecule has 0 unspecified atom stereocenters. The molecule has 1 saturated carbocycles. The van der Waals surface area contributed by atoms with Crippen LogP contribution in [0.15, 0.2) is 42.9 Å². The Morgan fingerprint density at radius 1 is 1.10 bits per heavy atom. The van der Waals surface area contributed by atoms with Crippen LogP contribution in [0.3, 0.4) is 0 Å². The molecule has 4 aromatic rings. The number of urea groups is 1. The molecule has 6 rings (SSSR count). The van der Waals surface area contributed by atoms with E-state index in [4.69, 9.17) is 9.97 Å². The lowest BCUT2D eigenvalue weighted by molar-refractivity contribution is -0.136. The van der Waals surface area contributed by atoms with Gasteiger partial charge in [-0.1, -0.05) is 6.07 Å². The molecule has 4 aromatic heterocycles. The Morgan fingerprint density at radius 3 is 2.51 bits per heavy atom. The highest BCUT2D eigenvalue weighted by atomic mass is 19.1. The summed E-state index contributed by atoms with van der Waals surface area (Å²) in [7, 11) is 1.71. The zero-order valence-corrected chi connectivity index (χ0v) is 23.3. The molecule has 2 fully saturated rings. The van der Waals surface area contributed by atoms with Crippen molar-refractivity contribution in [2.75, 3.05) is 12.4 Å². The summed E-state index contributed by atoms with van der Waals surface area (Å²) in [6.07, 6.45) is 6.30. The number of aromatic nitrogens is 7. The molecule has 13 heteroatoms. The van der Waals surface area contributed by atoms with E-state index < -0.39 is 17.4 Å². The third-order valence-corrected chi connectivity index (χ3v) is 8.19. The number of hydrogen-bond acceptors (Lipinski definition) is 8. The predicted molar refractivity (Wildman–Crippen MR) is 147 cm³/mol. The van der Waals surface area contributed by atoms with Crippen LogP contribution in [-0.4, -0.2) is 69.3 Å². The van der Waals surface area contributed by atoms with Crippen molar-refractivity contribution in [2.24, 2.45) is 0 Å². The van der Waals surface area contributed by atoms with Gasteiger partial charge in [-0.05, 0) is 58.1 Å². The summed E-state index contributed by atoms with van der Waals surface area (Å²) in [6, 6.07) is 6.39. The maximum absolute atomic E-state index is 13.9. The quantitative estimate of drug-likeness (QED) is 0.334. The first kappa shape index (κ1) is 26.5. The number of nitrogens with one attached hydrogen (secondary N) is 2. The molecule has 0 radical (unpaired) electrons. The highest BCUT2D eigenvalue weighted by molar-refractivity contribution is 6.07.